The Hall–Kier alpha value is -3.57. The SMILES string of the molecule is Cc1ccc(NC(=O)c2ccnc(C(F)(F)F)c2)cc1-c1cc2c(cc1F)C[C@](F)(CO)[C@H]1COCCN21. The lowest BCUT2D eigenvalue weighted by Gasteiger charge is -2.48. The molecule has 1 amide bonds. The number of aliphatic hydroxyl groups excluding tert-OH is 1. The van der Waals surface area contributed by atoms with E-state index in [4.69, 9.17) is 4.74 Å². The van der Waals surface area contributed by atoms with Gasteiger partial charge in [-0.25, -0.2) is 8.78 Å². The summed E-state index contributed by atoms with van der Waals surface area (Å²) in [5, 5.41) is 12.3. The molecule has 6 nitrogen and oxygen atoms in total. The molecular formula is C27H24F5N3O3. The Balaban J connectivity index is 1.49. The molecule has 1 aromatic heterocycles. The zero-order valence-corrected chi connectivity index (χ0v) is 20.3. The zero-order valence-electron chi connectivity index (χ0n) is 20.3. The van der Waals surface area contributed by atoms with Crippen molar-refractivity contribution in [2.24, 2.45) is 0 Å². The van der Waals surface area contributed by atoms with Gasteiger partial charge >= 0.3 is 6.18 Å². The fraction of sp³-hybridized carbons (Fsp3) is 0.333. The molecule has 2 aliphatic heterocycles. The molecule has 0 bridgehead atoms. The van der Waals surface area contributed by atoms with Crippen LogP contribution >= 0.6 is 0 Å². The minimum atomic E-state index is -4.70. The number of ether oxygens (including phenoxy) is 1. The van der Waals surface area contributed by atoms with E-state index < -0.39 is 41.9 Å². The number of alkyl halides is 4. The van der Waals surface area contributed by atoms with Crippen molar-refractivity contribution in [3.05, 3.63) is 76.9 Å². The Morgan fingerprint density at radius 2 is 2.00 bits per heavy atom. The number of hydrogen-bond donors (Lipinski definition) is 2. The number of carbonyl (C=O) groups excluding carboxylic acids is 1. The van der Waals surface area contributed by atoms with Gasteiger partial charge in [0.25, 0.3) is 5.91 Å². The van der Waals surface area contributed by atoms with Crippen LogP contribution < -0.4 is 10.2 Å². The minimum absolute atomic E-state index is 0.0921. The van der Waals surface area contributed by atoms with Gasteiger partial charge in [-0.2, -0.15) is 13.2 Å². The number of benzene rings is 2. The molecular weight excluding hydrogens is 509 g/mol. The van der Waals surface area contributed by atoms with Crippen LogP contribution in [0.5, 0.6) is 0 Å². The van der Waals surface area contributed by atoms with E-state index in [1.54, 1.807) is 30.0 Å². The monoisotopic (exact) mass is 533 g/mol. The van der Waals surface area contributed by atoms with E-state index in [2.05, 4.69) is 10.3 Å². The molecule has 0 spiro atoms. The highest BCUT2D eigenvalue weighted by atomic mass is 19.4. The number of rotatable bonds is 4. The fourth-order valence-corrected chi connectivity index (χ4v) is 5.05. The number of morpholine rings is 1. The molecule has 2 N–H and O–H groups in total. The highest BCUT2D eigenvalue weighted by molar-refractivity contribution is 6.04. The van der Waals surface area contributed by atoms with Crippen LogP contribution in [0.4, 0.5) is 33.3 Å². The summed E-state index contributed by atoms with van der Waals surface area (Å²) in [6.07, 6.45) is -3.96. The standard InChI is InChI=1S/C27H24F5N3O3/c1-15-2-3-18(34-25(37)16-4-5-33-23(9-16)27(30,31)32)10-19(15)20-11-22-17(8-21(20)28)12-26(29,14-36)24-13-38-7-6-35(22)24/h2-5,8-11,24,36H,6-7,12-14H2,1H3,(H,34,37)/t24-,26+/m1/s1. The number of pyridine rings is 1. The topological polar surface area (TPSA) is 74.7 Å². The Bertz CT molecular complexity index is 1400. The van der Waals surface area contributed by atoms with Crippen molar-refractivity contribution in [2.45, 2.75) is 31.2 Å². The number of anilines is 2. The number of aliphatic hydroxyl groups is 1. The van der Waals surface area contributed by atoms with Gasteiger partial charge in [0.05, 0.1) is 25.9 Å². The molecule has 200 valence electrons. The van der Waals surface area contributed by atoms with E-state index >= 15 is 8.78 Å². The van der Waals surface area contributed by atoms with Crippen LogP contribution in [0.25, 0.3) is 11.1 Å². The zero-order chi connectivity index (χ0) is 27.2. The quantitative estimate of drug-likeness (QED) is 0.466. The Morgan fingerprint density at radius 1 is 1.21 bits per heavy atom. The number of fused-ring (bicyclic) bond motifs is 3. The normalized spacial score (nSPS) is 21.0. The van der Waals surface area contributed by atoms with E-state index in [1.807, 2.05) is 0 Å². The van der Waals surface area contributed by atoms with Crippen molar-refractivity contribution in [2.75, 3.05) is 36.6 Å². The third-order valence-corrected chi connectivity index (χ3v) is 7.05. The maximum atomic E-state index is 15.5. The van der Waals surface area contributed by atoms with Gasteiger partial charge in [-0.1, -0.05) is 6.07 Å². The lowest BCUT2D eigenvalue weighted by molar-refractivity contribution is -0.141. The maximum Gasteiger partial charge on any atom is 0.433 e. The van der Waals surface area contributed by atoms with Gasteiger partial charge in [-0.3, -0.25) is 9.78 Å². The van der Waals surface area contributed by atoms with Crippen LogP contribution in [0.1, 0.15) is 27.2 Å². The van der Waals surface area contributed by atoms with Crippen molar-refractivity contribution in [3.8, 4) is 11.1 Å². The summed E-state index contributed by atoms with van der Waals surface area (Å²) in [6, 6.07) is 8.76. The third-order valence-electron chi connectivity index (χ3n) is 7.05. The summed E-state index contributed by atoms with van der Waals surface area (Å²) >= 11 is 0. The second-order valence-electron chi connectivity index (χ2n) is 9.53. The number of aromatic nitrogens is 1. The summed E-state index contributed by atoms with van der Waals surface area (Å²) in [4.78, 5) is 17.7. The first-order chi connectivity index (χ1) is 18.0. The van der Waals surface area contributed by atoms with Crippen LogP contribution in [-0.2, 0) is 17.3 Å². The lowest BCUT2D eigenvalue weighted by atomic mass is 9.82. The van der Waals surface area contributed by atoms with Gasteiger partial charge in [0.15, 0.2) is 5.67 Å². The summed E-state index contributed by atoms with van der Waals surface area (Å²) in [6.45, 7) is 1.86. The Labute approximate surface area is 215 Å². The van der Waals surface area contributed by atoms with Crippen LogP contribution in [0.2, 0.25) is 0 Å². The molecule has 1 fully saturated rings. The van der Waals surface area contributed by atoms with Gasteiger partial charge in [-0.05, 0) is 60.0 Å². The molecule has 0 unspecified atom stereocenters. The third kappa shape index (κ3) is 4.71. The molecule has 3 aromatic rings. The predicted molar refractivity (Wildman–Crippen MR) is 130 cm³/mol. The largest absolute Gasteiger partial charge is 0.433 e. The van der Waals surface area contributed by atoms with Gasteiger partial charge in [0, 0.05) is 41.7 Å². The van der Waals surface area contributed by atoms with E-state index in [-0.39, 0.29) is 29.8 Å². The lowest BCUT2D eigenvalue weighted by Crippen LogP contribution is -2.62. The van der Waals surface area contributed by atoms with E-state index in [9.17, 15) is 23.1 Å². The number of carbonyl (C=O) groups is 1. The second kappa shape index (κ2) is 9.63. The summed E-state index contributed by atoms with van der Waals surface area (Å²) in [5.74, 6) is -1.38. The van der Waals surface area contributed by atoms with Crippen molar-refractivity contribution >= 4 is 17.3 Å². The van der Waals surface area contributed by atoms with E-state index in [1.165, 1.54) is 18.2 Å². The molecule has 38 heavy (non-hydrogen) atoms. The van der Waals surface area contributed by atoms with E-state index in [0.717, 1.165) is 6.20 Å². The predicted octanol–water partition coefficient (Wildman–Crippen LogP) is 4.93. The van der Waals surface area contributed by atoms with Crippen molar-refractivity contribution in [1.82, 2.24) is 4.98 Å². The molecule has 0 radical (unpaired) electrons. The average Bonchev–Trinajstić information content (AvgIpc) is 2.89. The van der Waals surface area contributed by atoms with Crippen molar-refractivity contribution in [1.29, 1.82) is 0 Å². The molecule has 2 aliphatic rings. The molecule has 2 atom stereocenters. The summed E-state index contributed by atoms with van der Waals surface area (Å²) < 4.78 is 75.4. The number of aryl methyl sites for hydroxylation is 1. The summed E-state index contributed by atoms with van der Waals surface area (Å²) in [5.41, 5.74) is -0.695. The van der Waals surface area contributed by atoms with Gasteiger partial charge in [0.1, 0.15) is 11.5 Å². The number of amides is 1. The van der Waals surface area contributed by atoms with Crippen LogP contribution in [0.15, 0.2) is 48.7 Å². The number of halogens is 5. The van der Waals surface area contributed by atoms with Crippen LogP contribution in [0, 0.1) is 12.7 Å². The molecule has 5 rings (SSSR count). The van der Waals surface area contributed by atoms with E-state index in [0.29, 0.717) is 41.6 Å². The molecule has 1 saturated heterocycles. The summed E-state index contributed by atoms with van der Waals surface area (Å²) in [7, 11) is 0. The van der Waals surface area contributed by atoms with Gasteiger partial charge in [0.2, 0.25) is 0 Å². The molecule has 0 saturated carbocycles. The smallest absolute Gasteiger partial charge is 0.393 e. The first kappa shape index (κ1) is 26.1. The van der Waals surface area contributed by atoms with Crippen molar-refractivity contribution < 1.29 is 36.6 Å². The molecule has 11 heteroatoms. The van der Waals surface area contributed by atoms with Gasteiger partial charge in [-0.15, -0.1) is 0 Å². The number of nitrogens with zero attached hydrogens (tertiary/aromatic N) is 2. The highest BCUT2D eigenvalue weighted by Crippen LogP contribution is 2.43. The maximum absolute atomic E-state index is 15.5. The second-order valence-corrected chi connectivity index (χ2v) is 9.53. The number of nitrogens with one attached hydrogen (secondary N) is 1. The van der Waals surface area contributed by atoms with Crippen molar-refractivity contribution in [3.63, 3.8) is 0 Å². The first-order valence-electron chi connectivity index (χ1n) is 11.9. The highest BCUT2D eigenvalue weighted by Gasteiger charge is 2.48. The first-order valence-corrected chi connectivity index (χ1v) is 11.9. The molecule has 3 heterocycles. The minimum Gasteiger partial charge on any atom is -0.393 e. The fourth-order valence-electron chi connectivity index (χ4n) is 5.05. The van der Waals surface area contributed by atoms with Crippen LogP contribution in [-0.4, -0.2) is 54.1 Å². The number of hydrogen-bond acceptors (Lipinski definition) is 5. The average molecular weight is 533 g/mol. The molecule has 2 aromatic carbocycles. The van der Waals surface area contributed by atoms with Crippen LogP contribution in [0.3, 0.4) is 0 Å². The van der Waals surface area contributed by atoms with Gasteiger partial charge < -0.3 is 20.1 Å². The Kier molecular flexibility index (Phi) is 6.60. The Morgan fingerprint density at radius 3 is 2.74 bits per heavy atom. The molecule has 0 aliphatic carbocycles.